The number of aryl methyl sites for hydroxylation is 1. The quantitative estimate of drug-likeness (QED) is 0.352. The van der Waals surface area contributed by atoms with Gasteiger partial charge in [-0.1, -0.05) is 45.8 Å². The lowest BCUT2D eigenvalue weighted by atomic mass is 10.1. The number of aromatic nitrogens is 2. The molecule has 1 heterocycles. The second-order valence-electron chi connectivity index (χ2n) is 7.06. The van der Waals surface area contributed by atoms with Crippen LogP contribution in [-0.4, -0.2) is 17.1 Å². The van der Waals surface area contributed by atoms with E-state index in [9.17, 15) is 4.79 Å². The van der Waals surface area contributed by atoms with Crippen molar-refractivity contribution in [3.8, 4) is 11.5 Å². The van der Waals surface area contributed by atoms with Crippen molar-refractivity contribution in [1.29, 1.82) is 0 Å². The van der Waals surface area contributed by atoms with Crippen LogP contribution >= 0.6 is 15.9 Å². The Kier molecular flexibility index (Phi) is 5.81. The highest BCUT2D eigenvalue weighted by molar-refractivity contribution is 9.10. The first-order valence-electron chi connectivity index (χ1n) is 9.52. The van der Waals surface area contributed by atoms with Gasteiger partial charge in [0.1, 0.15) is 6.61 Å². The van der Waals surface area contributed by atoms with E-state index in [-0.39, 0.29) is 5.69 Å². The smallest absolute Gasteiger partial charge is 0.323 e. The topological polar surface area (TPSA) is 79.1 Å². The van der Waals surface area contributed by atoms with Crippen molar-refractivity contribution in [3.63, 3.8) is 0 Å². The predicted molar refractivity (Wildman–Crippen MR) is 122 cm³/mol. The molecule has 0 fully saturated rings. The summed E-state index contributed by atoms with van der Waals surface area (Å²) in [6, 6.07) is 17.8. The minimum Gasteiger partial charge on any atom is -0.493 e. The van der Waals surface area contributed by atoms with Crippen LogP contribution < -0.4 is 20.5 Å². The van der Waals surface area contributed by atoms with Crippen molar-refractivity contribution in [2.45, 2.75) is 20.1 Å². The highest BCUT2D eigenvalue weighted by Crippen LogP contribution is 2.34. The van der Waals surface area contributed by atoms with E-state index >= 15 is 0 Å². The summed E-state index contributed by atoms with van der Waals surface area (Å²) in [5.74, 6) is 1.35. The third-order valence-electron chi connectivity index (χ3n) is 4.85. The van der Waals surface area contributed by atoms with Crippen LogP contribution in [0.2, 0.25) is 0 Å². The number of rotatable bonds is 7. The van der Waals surface area contributed by atoms with Gasteiger partial charge in [-0.3, -0.25) is 0 Å². The number of fused-ring (bicyclic) bond motifs is 1. The second-order valence-corrected chi connectivity index (χ2v) is 7.92. The Morgan fingerprint density at radius 2 is 1.73 bits per heavy atom. The highest BCUT2D eigenvalue weighted by Gasteiger charge is 2.11. The maximum atomic E-state index is 11.4. The third kappa shape index (κ3) is 4.52. The summed E-state index contributed by atoms with van der Waals surface area (Å²) in [4.78, 5) is 16.9. The monoisotopic (exact) mass is 467 g/mol. The van der Waals surface area contributed by atoms with Gasteiger partial charge in [0.05, 0.1) is 18.1 Å². The average molecular weight is 468 g/mol. The van der Waals surface area contributed by atoms with E-state index < -0.39 is 0 Å². The van der Waals surface area contributed by atoms with Gasteiger partial charge in [0.15, 0.2) is 11.5 Å². The molecule has 7 heteroatoms. The molecule has 0 unspecified atom stereocenters. The number of methoxy groups -OCH3 is 1. The molecular formula is C23H22BrN3O3. The zero-order valence-electron chi connectivity index (χ0n) is 16.7. The maximum absolute atomic E-state index is 11.4. The molecule has 4 rings (SSSR count). The molecular weight excluding hydrogens is 446 g/mol. The first-order chi connectivity index (χ1) is 14.5. The number of H-pyrrole nitrogens is 2. The van der Waals surface area contributed by atoms with Crippen LogP contribution in [0, 0.1) is 6.92 Å². The van der Waals surface area contributed by atoms with Gasteiger partial charge in [-0.15, -0.1) is 0 Å². The number of hydrogen-bond acceptors (Lipinski definition) is 4. The average Bonchev–Trinajstić information content (AvgIpc) is 3.11. The number of aromatic amines is 2. The molecule has 3 N–H and O–H groups in total. The van der Waals surface area contributed by atoms with Crippen molar-refractivity contribution in [3.05, 3.63) is 86.2 Å². The molecule has 1 aromatic heterocycles. The largest absolute Gasteiger partial charge is 0.493 e. The van der Waals surface area contributed by atoms with Gasteiger partial charge in [0, 0.05) is 16.7 Å². The van der Waals surface area contributed by atoms with Gasteiger partial charge in [-0.2, -0.15) is 0 Å². The molecule has 0 atom stereocenters. The summed E-state index contributed by atoms with van der Waals surface area (Å²) in [6.45, 7) is 3.11. The van der Waals surface area contributed by atoms with Gasteiger partial charge >= 0.3 is 5.69 Å². The molecule has 3 aromatic carbocycles. The molecule has 0 saturated carbocycles. The number of anilines is 1. The summed E-state index contributed by atoms with van der Waals surface area (Å²) in [5, 5.41) is 3.37. The van der Waals surface area contributed by atoms with Gasteiger partial charge < -0.3 is 24.8 Å². The van der Waals surface area contributed by atoms with E-state index in [2.05, 4.69) is 62.4 Å². The van der Waals surface area contributed by atoms with Crippen LogP contribution in [0.3, 0.4) is 0 Å². The summed E-state index contributed by atoms with van der Waals surface area (Å²) in [6.07, 6.45) is 0. The lowest BCUT2D eigenvalue weighted by Gasteiger charge is -2.15. The molecule has 0 aliphatic carbocycles. The first-order valence-corrected chi connectivity index (χ1v) is 10.3. The molecule has 0 amide bonds. The Labute approximate surface area is 182 Å². The van der Waals surface area contributed by atoms with E-state index in [1.54, 1.807) is 7.11 Å². The summed E-state index contributed by atoms with van der Waals surface area (Å²) >= 11 is 3.63. The van der Waals surface area contributed by atoms with Crippen LogP contribution in [0.1, 0.15) is 16.7 Å². The van der Waals surface area contributed by atoms with Gasteiger partial charge in [0.2, 0.25) is 0 Å². The Hall–Kier alpha value is -3.19. The van der Waals surface area contributed by atoms with Crippen molar-refractivity contribution in [2.75, 3.05) is 12.4 Å². The Bertz CT molecular complexity index is 1230. The van der Waals surface area contributed by atoms with E-state index in [0.29, 0.717) is 24.7 Å². The second kappa shape index (κ2) is 8.67. The number of imidazole rings is 1. The molecule has 0 bridgehead atoms. The fraction of sp³-hybridized carbons (Fsp3) is 0.174. The summed E-state index contributed by atoms with van der Waals surface area (Å²) in [7, 11) is 1.63. The van der Waals surface area contributed by atoms with E-state index in [1.165, 1.54) is 5.56 Å². The molecule has 0 radical (unpaired) electrons. The summed E-state index contributed by atoms with van der Waals surface area (Å²) < 4.78 is 12.5. The minimum atomic E-state index is -0.212. The lowest BCUT2D eigenvalue weighted by molar-refractivity contribution is 0.284. The van der Waals surface area contributed by atoms with Crippen LogP contribution in [0.5, 0.6) is 11.5 Å². The Balaban J connectivity index is 1.47. The maximum Gasteiger partial charge on any atom is 0.323 e. The summed E-state index contributed by atoms with van der Waals surface area (Å²) in [5.41, 5.74) is 5.59. The van der Waals surface area contributed by atoms with Crippen molar-refractivity contribution in [1.82, 2.24) is 9.97 Å². The fourth-order valence-electron chi connectivity index (χ4n) is 3.17. The number of halogens is 1. The van der Waals surface area contributed by atoms with Gasteiger partial charge in [-0.25, -0.2) is 4.79 Å². The predicted octanol–water partition coefficient (Wildman–Crippen LogP) is 5.13. The number of nitrogens with one attached hydrogen (secondary N) is 3. The first kappa shape index (κ1) is 20.1. The zero-order valence-corrected chi connectivity index (χ0v) is 18.3. The highest BCUT2D eigenvalue weighted by atomic mass is 79.9. The molecule has 0 spiro atoms. The minimum absolute atomic E-state index is 0.212. The van der Waals surface area contributed by atoms with Gasteiger partial charge in [0.25, 0.3) is 0 Å². The van der Waals surface area contributed by atoms with E-state index in [4.69, 9.17) is 9.47 Å². The Morgan fingerprint density at radius 1 is 0.967 bits per heavy atom. The normalized spacial score (nSPS) is 10.9. The molecule has 0 saturated heterocycles. The molecule has 154 valence electrons. The van der Waals surface area contributed by atoms with Gasteiger partial charge in [-0.05, 0) is 48.4 Å². The number of benzene rings is 3. The molecule has 0 aliphatic rings. The van der Waals surface area contributed by atoms with Crippen molar-refractivity contribution < 1.29 is 9.47 Å². The third-order valence-corrected chi connectivity index (χ3v) is 5.58. The lowest BCUT2D eigenvalue weighted by Crippen LogP contribution is -2.03. The van der Waals surface area contributed by atoms with Crippen LogP contribution in [-0.2, 0) is 13.2 Å². The SMILES string of the molecule is COc1cc(CNc2ccc3[nH]c(=O)[nH]c3c2)c(Br)cc1OCc1ccc(C)cc1. The molecule has 30 heavy (non-hydrogen) atoms. The van der Waals surface area contributed by atoms with Crippen LogP contribution in [0.15, 0.2) is 63.9 Å². The van der Waals surface area contributed by atoms with Crippen LogP contribution in [0.4, 0.5) is 5.69 Å². The standard InChI is InChI=1S/C23H22BrN3O3/c1-14-3-5-15(6-4-14)13-30-22-11-18(24)16(9-21(22)29-2)12-25-17-7-8-19-20(10-17)27-23(28)26-19/h3-11,25H,12-13H2,1-2H3,(H2,26,27,28). The van der Waals surface area contributed by atoms with Crippen molar-refractivity contribution in [2.24, 2.45) is 0 Å². The molecule has 6 nitrogen and oxygen atoms in total. The Morgan fingerprint density at radius 3 is 2.50 bits per heavy atom. The van der Waals surface area contributed by atoms with Crippen molar-refractivity contribution >= 4 is 32.7 Å². The number of hydrogen-bond donors (Lipinski definition) is 3. The number of ether oxygens (including phenoxy) is 2. The fourth-order valence-corrected chi connectivity index (χ4v) is 3.63. The molecule has 0 aliphatic heterocycles. The van der Waals surface area contributed by atoms with E-state index in [1.807, 2.05) is 30.3 Å². The zero-order chi connectivity index (χ0) is 21.1. The molecule has 4 aromatic rings. The van der Waals surface area contributed by atoms with Crippen LogP contribution in [0.25, 0.3) is 11.0 Å². The van der Waals surface area contributed by atoms with E-state index in [0.717, 1.165) is 32.3 Å².